The highest BCUT2D eigenvalue weighted by Gasteiger charge is 2.23. The van der Waals surface area contributed by atoms with Gasteiger partial charge in [0.25, 0.3) is 5.56 Å². The molecular weight excluding hydrogens is 374 g/mol. The molecule has 0 saturated carbocycles. The lowest BCUT2D eigenvalue weighted by Crippen LogP contribution is -2.45. The van der Waals surface area contributed by atoms with Crippen LogP contribution < -0.4 is 16.2 Å². The Morgan fingerprint density at radius 2 is 2.11 bits per heavy atom. The smallest absolute Gasteiger partial charge is 0.263 e. The quantitative estimate of drug-likeness (QED) is 0.739. The molecule has 7 heteroatoms. The highest BCUT2D eigenvalue weighted by Crippen LogP contribution is 2.23. The van der Waals surface area contributed by atoms with E-state index in [1.54, 1.807) is 28.8 Å². The number of nitriles is 1. The number of hydrogen-bond donors (Lipinski definition) is 1. The van der Waals surface area contributed by atoms with Crippen molar-refractivity contribution in [1.29, 1.82) is 5.26 Å². The molecule has 1 aliphatic rings. The van der Waals surface area contributed by atoms with Gasteiger partial charge in [-0.1, -0.05) is 29.8 Å². The average Bonchev–Trinajstić information content (AvgIpc) is 2.70. The van der Waals surface area contributed by atoms with Crippen LogP contribution in [0.1, 0.15) is 24.0 Å². The molecule has 0 bridgehead atoms. The molecule has 0 aliphatic carbocycles. The normalized spacial score (nSPS) is 16.9. The van der Waals surface area contributed by atoms with Gasteiger partial charge in [-0.15, -0.1) is 0 Å². The minimum atomic E-state index is -0.149. The van der Waals surface area contributed by atoms with Gasteiger partial charge in [0.15, 0.2) is 0 Å². The Morgan fingerprint density at radius 3 is 2.89 bits per heavy atom. The van der Waals surface area contributed by atoms with Crippen LogP contribution in [0.2, 0.25) is 5.02 Å². The Bertz CT molecular complexity index is 1130. The predicted octanol–water partition coefficient (Wildman–Crippen LogP) is 2.90. The van der Waals surface area contributed by atoms with E-state index in [4.69, 9.17) is 22.3 Å². The summed E-state index contributed by atoms with van der Waals surface area (Å²) in [5.74, 6) is 0.572. The first kappa shape index (κ1) is 18.5. The van der Waals surface area contributed by atoms with E-state index in [1.807, 2.05) is 18.2 Å². The zero-order valence-corrected chi connectivity index (χ0v) is 16.1. The van der Waals surface area contributed by atoms with Crippen LogP contribution in [0.3, 0.4) is 0 Å². The van der Waals surface area contributed by atoms with Gasteiger partial charge < -0.3 is 10.6 Å². The third-order valence-electron chi connectivity index (χ3n) is 5.10. The van der Waals surface area contributed by atoms with Crippen LogP contribution in [-0.2, 0) is 6.54 Å². The fraction of sp³-hybridized carbons (Fsp3) is 0.286. The number of hydrogen-bond acceptors (Lipinski definition) is 5. The second-order valence-corrected chi connectivity index (χ2v) is 7.52. The van der Waals surface area contributed by atoms with E-state index in [9.17, 15) is 10.1 Å². The highest BCUT2D eigenvalue weighted by atomic mass is 35.5. The Morgan fingerprint density at radius 1 is 1.29 bits per heavy atom. The van der Waals surface area contributed by atoms with Crippen molar-refractivity contribution >= 4 is 28.5 Å². The number of piperidine rings is 1. The standard InChI is InChI=1S/C21H20ClN5O/c22-16-7-8-18-19(10-16)25-21(26-9-3-6-17(24)13-26)27(20(18)28)12-15-5-2-1-4-14(15)11-23/h1-2,4-5,7-8,10,17H,3,6,9,12-13,24H2. The van der Waals surface area contributed by atoms with Crippen molar-refractivity contribution in [2.45, 2.75) is 25.4 Å². The van der Waals surface area contributed by atoms with Gasteiger partial charge >= 0.3 is 0 Å². The molecule has 142 valence electrons. The molecule has 1 fully saturated rings. The van der Waals surface area contributed by atoms with E-state index < -0.39 is 0 Å². The Hall–Kier alpha value is -2.88. The number of nitrogens with zero attached hydrogens (tertiary/aromatic N) is 4. The zero-order chi connectivity index (χ0) is 19.7. The number of benzene rings is 2. The molecule has 1 aromatic heterocycles. The third-order valence-corrected chi connectivity index (χ3v) is 5.34. The molecule has 6 nitrogen and oxygen atoms in total. The minimum absolute atomic E-state index is 0.0422. The summed E-state index contributed by atoms with van der Waals surface area (Å²) in [5.41, 5.74) is 7.91. The number of fused-ring (bicyclic) bond motifs is 1. The minimum Gasteiger partial charge on any atom is -0.341 e. The molecule has 1 saturated heterocycles. The second-order valence-electron chi connectivity index (χ2n) is 7.08. The monoisotopic (exact) mass is 393 g/mol. The molecule has 3 aromatic rings. The summed E-state index contributed by atoms with van der Waals surface area (Å²) in [5, 5.41) is 10.5. The first-order valence-corrected chi connectivity index (χ1v) is 9.63. The Balaban J connectivity index is 1.90. The fourth-order valence-electron chi connectivity index (χ4n) is 3.70. The van der Waals surface area contributed by atoms with Crippen LogP contribution in [0, 0.1) is 11.3 Å². The topological polar surface area (TPSA) is 87.9 Å². The molecule has 1 unspecified atom stereocenters. The lowest BCUT2D eigenvalue weighted by Gasteiger charge is -2.33. The molecule has 0 radical (unpaired) electrons. The summed E-state index contributed by atoms with van der Waals surface area (Å²) < 4.78 is 1.64. The summed E-state index contributed by atoms with van der Waals surface area (Å²) in [6.45, 7) is 1.69. The lowest BCUT2D eigenvalue weighted by atomic mass is 10.1. The number of rotatable bonds is 3. The van der Waals surface area contributed by atoms with Gasteiger partial charge in [0, 0.05) is 24.2 Å². The van der Waals surface area contributed by atoms with Crippen LogP contribution in [-0.4, -0.2) is 28.7 Å². The largest absolute Gasteiger partial charge is 0.341 e. The van der Waals surface area contributed by atoms with Crippen molar-refractivity contribution in [1.82, 2.24) is 9.55 Å². The zero-order valence-electron chi connectivity index (χ0n) is 15.3. The van der Waals surface area contributed by atoms with Crippen molar-refractivity contribution < 1.29 is 0 Å². The molecule has 0 spiro atoms. The van der Waals surface area contributed by atoms with Crippen LogP contribution in [0.5, 0.6) is 0 Å². The number of aromatic nitrogens is 2. The highest BCUT2D eigenvalue weighted by molar-refractivity contribution is 6.31. The van der Waals surface area contributed by atoms with E-state index in [1.165, 1.54) is 0 Å². The van der Waals surface area contributed by atoms with Gasteiger partial charge in [0.1, 0.15) is 0 Å². The van der Waals surface area contributed by atoms with E-state index in [0.29, 0.717) is 34.0 Å². The number of anilines is 1. The third kappa shape index (κ3) is 3.47. The molecule has 0 amide bonds. The van der Waals surface area contributed by atoms with Crippen LogP contribution >= 0.6 is 11.6 Å². The summed E-state index contributed by atoms with van der Waals surface area (Å²) in [6, 6.07) is 14.6. The number of nitrogens with two attached hydrogens (primary N) is 1. The first-order chi connectivity index (χ1) is 13.6. The molecule has 2 heterocycles. The van der Waals surface area contributed by atoms with Crippen LogP contribution in [0.4, 0.5) is 5.95 Å². The van der Waals surface area contributed by atoms with E-state index >= 15 is 0 Å². The fourth-order valence-corrected chi connectivity index (χ4v) is 3.86. The molecule has 2 aromatic carbocycles. The van der Waals surface area contributed by atoms with E-state index in [2.05, 4.69) is 11.0 Å². The maximum Gasteiger partial charge on any atom is 0.263 e. The summed E-state index contributed by atoms with van der Waals surface area (Å²) >= 11 is 6.12. The Labute approximate surface area is 167 Å². The van der Waals surface area contributed by atoms with Gasteiger partial charge in [-0.2, -0.15) is 5.26 Å². The van der Waals surface area contributed by atoms with Gasteiger partial charge in [-0.25, -0.2) is 4.98 Å². The van der Waals surface area contributed by atoms with Gasteiger partial charge in [-0.3, -0.25) is 9.36 Å². The second kappa shape index (κ2) is 7.63. The van der Waals surface area contributed by atoms with Crippen molar-refractivity contribution in [3.8, 4) is 6.07 Å². The lowest BCUT2D eigenvalue weighted by molar-refractivity contribution is 0.492. The summed E-state index contributed by atoms with van der Waals surface area (Å²) in [6.07, 6.45) is 1.90. The summed E-state index contributed by atoms with van der Waals surface area (Å²) in [7, 11) is 0. The molecule has 2 N–H and O–H groups in total. The Kier molecular flexibility index (Phi) is 5.03. The van der Waals surface area contributed by atoms with Gasteiger partial charge in [0.2, 0.25) is 5.95 Å². The van der Waals surface area contributed by atoms with E-state index in [0.717, 1.165) is 24.9 Å². The predicted molar refractivity (Wildman–Crippen MR) is 111 cm³/mol. The van der Waals surface area contributed by atoms with Crippen molar-refractivity contribution in [2.75, 3.05) is 18.0 Å². The van der Waals surface area contributed by atoms with Gasteiger partial charge in [0.05, 0.1) is 29.1 Å². The number of halogens is 1. The average molecular weight is 394 g/mol. The van der Waals surface area contributed by atoms with Gasteiger partial charge in [-0.05, 0) is 42.7 Å². The first-order valence-electron chi connectivity index (χ1n) is 9.25. The molecule has 28 heavy (non-hydrogen) atoms. The molecule has 1 aliphatic heterocycles. The molecule has 1 atom stereocenters. The maximum absolute atomic E-state index is 13.3. The summed E-state index contributed by atoms with van der Waals surface area (Å²) in [4.78, 5) is 20.2. The van der Waals surface area contributed by atoms with Crippen LogP contribution in [0.15, 0.2) is 47.3 Å². The van der Waals surface area contributed by atoms with Crippen molar-refractivity contribution in [3.63, 3.8) is 0 Å². The van der Waals surface area contributed by atoms with E-state index in [-0.39, 0.29) is 18.1 Å². The molecule has 4 rings (SSSR count). The van der Waals surface area contributed by atoms with Crippen LogP contribution in [0.25, 0.3) is 10.9 Å². The maximum atomic E-state index is 13.3. The van der Waals surface area contributed by atoms with Crippen molar-refractivity contribution in [2.24, 2.45) is 5.73 Å². The van der Waals surface area contributed by atoms with Crippen molar-refractivity contribution in [3.05, 3.63) is 69.0 Å². The molecular formula is C21H20ClN5O. The SMILES string of the molecule is N#Cc1ccccc1Cn1c(N2CCCC(N)C2)nc2cc(Cl)ccc2c1=O.